The van der Waals surface area contributed by atoms with Gasteiger partial charge in [-0.15, -0.1) is 0 Å². The molecule has 0 aromatic heterocycles. The maximum Gasteiger partial charge on any atom is 0.220 e. The fourth-order valence-electron chi connectivity index (χ4n) is 3.91. The number of carbonyl (C=O) groups is 1. The monoisotopic (exact) mass is 288 g/mol. The van der Waals surface area contributed by atoms with Crippen molar-refractivity contribution in [1.29, 1.82) is 0 Å². The van der Waals surface area contributed by atoms with Crippen molar-refractivity contribution in [2.24, 2.45) is 11.7 Å². The van der Waals surface area contributed by atoms with Crippen LogP contribution in [0.5, 0.6) is 0 Å². The van der Waals surface area contributed by atoms with Crippen molar-refractivity contribution in [3.63, 3.8) is 0 Å². The molecule has 2 fully saturated rings. The Hall–Kier alpha value is -1.39. The van der Waals surface area contributed by atoms with Gasteiger partial charge in [0.1, 0.15) is 0 Å². The van der Waals surface area contributed by atoms with E-state index in [-0.39, 0.29) is 17.4 Å². The molecule has 0 atom stereocenters. The fraction of sp³-hybridized carbons (Fsp3) is 0.588. The summed E-state index contributed by atoms with van der Waals surface area (Å²) in [4.78, 5) is 14.0. The number of benzene rings is 1. The number of amides is 1. The lowest BCUT2D eigenvalue weighted by molar-refractivity contribution is -0.124. The highest BCUT2D eigenvalue weighted by molar-refractivity contribution is 5.76. The average Bonchev–Trinajstić information content (AvgIpc) is 2.56. The number of morpholine rings is 1. The molecule has 0 spiro atoms. The Balaban J connectivity index is 1.87. The van der Waals surface area contributed by atoms with Crippen LogP contribution < -0.4 is 5.73 Å². The minimum Gasteiger partial charge on any atom is -0.379 e. The highest BCUT2D eigenvalue weighted by Crippen LogP contribution is 2.44. The highest BCUT2D eigenvalue weighted by atomic mass is 16.5. The molecular formula is C17H24N2O2. The van der Waals surface area contributed by atoms with Gasteiger partial charge >= 0.3 is 0 Å². The van der Waals surface area contributed by atoms with E-state index < -0.39 is 0 Å². The van der Waals surface area contributed by atoms with Crippen molar-refractivity contribution in [2.75, 3.05) is 26.3 Å². The standard InChI is InChI=1S/C17H24N2O2/c18-16(20)14-6-8-17(9-7-14,15-4-2-1-3-5-15)19-10-12-21-13-11-19/h1-5,14H,6-13H2,(H2,18,20). The van der Waals surface area contributed by atoms with E-state index in [2.05, 4.69) is 35.2 Å². The molecule has 2 aliphatic rings. The third kappa shape index (κ3) is 2.83. The molecule has 0 unspecified atom stereocenters. The van der Waals surface area contributed by atoms with Crippen molar-refractivity contribution >= 4 is 5.91 Å². The Morgan fingerprint density at radius 3 is 2.33 bits per heavy atom. The summed E-state index contributed by atoms with van der Waals surface area (Å²) in [6.45, 7) is 3.54. The van der Waals surface area contributed by atoms with E-state index in [1.165, 1.54) is 5.56 Å². The normalized spacial score (nSPS) is 31.0. The van der Waals surface area contributed by atoms with E-state index in [4.69, 9.17) is 10.5 Å². The predicted molar refractivity (Wildman–Crippen MR) is 81.7 cm³/mol. The first-order valence-electron chi connectivity index (χ1n) is 7.90. The van der Waals surface area contributed by atoms with Gasteiger partial charge in [-0.2, -0.15) is 0 Å². The molecule has 1 aliphatic carbocycles. The van der Waals surface area contributed by atoms with Gasteiger partial charge in [0.05, 0.1) is 13.2 Å². The van der Waals surface area contributed by atoms with E-state index in [9.17, 15) is 4.79 Å². The summed E-state index contributed by atoms with van der Waals surface area (Å²) < 4.78 is 5.51. The number of nitrogens with zero attached hydrogens (tertiary/aromatic N) is 1. The molecule has 0 radical (unpaired) electrons. The van der Waals surface area contributed by atoms with Gasteiger partial charge in [-0.05, 0) is 31.2 Å². The van der Waals surface area contributed by atoms with Gasteiger partial charge in [-0.3, -0.25) is 9.69 Å². The minimum absolute atomic E-state index is 0.0443. The molecule has 1 heterocycles. The smallest absolute Gasteiger partial charge is 0.220 e. The van der Waals surface area contributed by atoms with Gasteiger partial charge in [-0.25, -0.2) is 0 Å². The second-order valence-corrected chi connectivity index (χ2v) is 6.17. The SMILES string of the molecule is NC(=O)C1CCC(c2ccccc2)(N2CCOCC2)CC1. The van der Waals surface area contributed by atoms with Crippen LogP contribution in [-0.2, 0) is 15.1 Å². The second kappa shape index (κ2) is 6.16. The minimum atomic E-state index is -0.140. The largest absolute Gasteiger partial charge is 0.379 e. The first kappa shape index (κ1) is 14.5. The zero-order chi connectivity index (χ0) is 14.7. The Morgan fingerprint density at radius 1 is 1.14 bits per heavy atom. The summed E-state index contributed by atoms with van der Waals surface area (Å²) >= 11 is 0. The van der Waals surface area contributed by atoms with Crippen molar-refractivity contribution in [3.05, 3.63) is 35.9 Å². The molecule has 1 aromatic rings. The van der Waals surface area contributed by atoms with Gasteiger partial charge < -0.3 is 10.5 Å². The third-order valence-corrected chi connectivity index (χ3v) is 5.14. The Morgan fingerprint density at radius 2 is 1.76 bits per heavy atom. The lowest BCUT2D eigenvalue weighted by Gasteiger charge is -2.49. The van der Waals surface area contributed by atoms with Crippen LogP contribution in [0.3, 0.4) is 0 Å². The summed E-state index contributed by atoms with van der Waals surface area (Å²) in [5, 5.41) is 0. The number of hydrogen-bond donors (Lipinski definition) is 1. The van der Waals surface area contributed by atoms with Crippen LogP contribution in [0.25, 0.3) is 0 Å². The molecule has 2 N–H and O–H groups in total. The molecule has 0 bridgehead atoms. The maximum atomic E-state index is 11.5. The number of rotatable bonds is 3. The van der Waals surface area contributed by atoms with Gasteiger partial charge in [-0.1, -0.05) is 30.3 Å². The van der Waals surface area contributed by atoms with Gasteiger partial charge in [0.25, 0.3) is 0 Å². The van der Waals surface area contributed by atoms with E-state index in [1.807, 2.05) is 0 Å². The maximum absolute atomic E-state index is 11.5. The van der Waals surface area contributed by atoms with Crippen LogP contribution in [0.4, 0.5) is 0 Å². The molecule has 21 heavy (non-hydrogen) atoms. The van der Waals surface area contributed by atoms with E-state index in [0.29, 0.717) is 0 Å². The van der Waals surface area contributed by atoms with E-state index >= 15 is 0 Å². The van der Waals surface area contributed by atoms with Crippen LogP contribution in [-0.4, -0.2) is 37.1 Å². The summed E-state index contributed by atoms with van der Waals surface area (Å²) in [5.41, 5.74) is 6.92. The topological polar surface area (TPSA) is 55.6 Å². The molecule has 1 aromatic carbocycles. The molecule has 1 aliphatic heterocycles. The van der Waals surface area contributed by atoms with Crippen LogP contribution in [0.2, 0.25) is 0 Å². The quantitative estimate of drug-likeness (QED) is 0.924. The van der Waals surface area contributed by atoms with Crippen LogP contribution in [0.15, 0.2) is 30.3 Å². The van der Waals surface area contributed by atoms with Gasteiger partial charge in [0, 0.05) is 24.5 Å². The van der Waals surface area contributed by atoms with Crippen molar-refractivity contribution in [1.82, 2.24) is 4.90 Å². The zero-order valence-corrected chi connectivity index (χ0v) is 12.5. The van der Waals surface area contributed by atoms with Crippen LogP contribution in [0, 0.1) is 5.92 Å². The van der Waals surface area contributed by atoms with E-state index in [1.54, 1.807) is 0 Å². The average molecular weight is 288 g/mol. The molecule has 114 valence electrons. The number of ether oxygens (including phenoxy) is 1. The summed E-state index contributed by atoms with van der Waals surface area (Å²) in [6.07, 6.45) is 3.79. The third-order valence-electron chi connectivity index (χ3n) is 5.14. The summed E-state index contributed by atoms with van der Waals surface area (Å²) in [5.74, 6) is -0.0958. The molecular weight excluding hydrogens is 264 g/mol. The van der Waals surface area contributed by atoms with Crippen LogP contribution in [0.1, 0.15) is 31.2 Å². The van der Waals surface area contributed by atoms with Gasteiger partial charge in [0.2, 0.25) is 5.91 Å². The lowest BCUT2D eigenvalue weighted by atomic mass is 9.71. The first-order chi connectivity index (χ1) is 10.2. The summed E-state index contributed by atoms with van der Waals surface area (Å²) in [7, 11) is 0. The molecule has 4 heteroatoms. The molecule has 1 saturated carbocycles. The summed E-state index contributed by atoms with van der Waals surface area (Å²) in [6, 6.07) is 10.7. The first-order valence-corrected chi connectivity index (χ1v) is 7.90. The lowest BCUT2D eigenvalue weighted by Crippen LogP contribution is -2.53. The van der Waals surface area contributed by atoms with Gasteiger partial charge in [0.15, 0.2) is 0 Å². The highest BCUT2D eigenvalue weighted by Gasteiger charge is 2.43. The second-order valence-electron chi connectivity index (χ2n) is 6.17. The van der Waals surface area contributed by atoms with E-state index in [0.717, 1.165) is 52.0 Å². The Kier molecular flexibility index (Phi) is 4.27. The van der Waals surface area contributed by atoms with Crippen molar-refractivity contribution < 1.29 is 9.53 Å². The number of carbonyl (C=O) groups excluding carboxylic acids is 1. The Labute approximate surface area is 126 Å². The molecule has 4 nitrogen and oxygen atoms in total. The molecule has 3 rings (SSSR count). The molecule has 1 amide bonds. The van der Waals surface area contributed by atoms with Crippen molar-refractivity contribution in [2.45, 2.75) is 31.2 Å². The zero-order valence-electron chi connectivity index (χ0n) is 12.5. The number of nitrogens with two attached hydrogens (primary N) is 1. The predicted octanol–water partition coefficient (Wildman–Crippen LogP) is 1.89. The number of primary amides is 1. The van der Waals surface area contributed by atoms with Crippen LogP contribution >= 0.6 is 0 Å². The number of hydrogen-bond acceptors (Lipinski definition) is 3. The fourth-order valence-corrected chi connectivity index (χ4v) is 3.91. The molecule has 1 saturated heterocycles. The Bertz CT molecular complexity index is 475. The van der Waals surface area contributed by atoms with Crippen molar-refractivity contribution in [3.8, 4) is 0 Å².